The summed E-state index contributed by atoms with van der Waals surface area (Å²) < 4.78 is 0. The molecule has 9 rings (SSSR count). The van der Waals surface area contributed by atoms with Crippen molar-refractivity contribution in [2.24, 2.45) is 0 Å². The van der Waals surface area contributed by atoms with Crippen molar-refractivity contribution in [2.45, 2.75) is 0 Å². The minimum absolute atomic E-state index is 0.677. The summed E-state index contributed by atoms with van der Waals surface area (Å²) in [6.07, 6.45) is 0. The van der Waals surface area contributed by atoms with Crippen LogP contribution in [0.1, 0.15) is 5.56 Å². The van der Waals surface area contributed by atoms with Gasteiger partial charge in [0.1, 0.15) is 6.07 Å². The Morgan fingerprint density at radius 3 is 0.724 bits per heavy atom. The molecule has 0 atom stereocenters. The summed E-state index contributed by atoms with van der Waals surface area (Å²) in [6, 6.07) is 92.9. The second-order valence-corrected chi connectivity index (χ2v) is 22.2. The van der Waals surface area contributed by atoms with E-state index in [0.29, 0.717) is 5.56 Å². The lowest BCUT2D eigenvalue weighted by Gasteiger charge is -2.36. The van der Waals surface area contributed by atoms with Gasteiger partial charge in [-0.1, -0.05) is 249 Å². The fourth-order valence-corrected chi connectivity index (χ4v) is 19.2. The van der Waals surface area contributed by atoms with Gasteiger partial charge >= 0.3 is 0 Å². The summed E-state index contributed by atoms with van der Waals surface area (Å²) >= 11 is 0. The van der Waals surface area contributed by atoms with E-state index >= 15 is 0 Å². The van der Waals surface area contributed by atoms with Crippen molar-refractivity contribution in [1.29, 1.82) is 5.26 Å². The van der Waals surface area contributed by atoms with Gasteiger partial charge in [-0.3, -0.25) is 0 Å². The van der Waals surface area contributed by atoms with E-state index in [2.05, 4.69) is 255 Å². The summed E-state index contributed by atoms with van der Waals surface area (Å²) in [6.45, 7) is 0. The Bertz CT molecular complexity index is 2440. The van der Waals surface area contributed by atoms with Crippen LogP contribution in [0.2, 0.25) is 0 Å². The summed E-state index contributed by atoms with van der Waals surface area (Å²) in [7, 11) is -5.87. The fraction of sp³-hybridized carbons (Fsp3) is 0. The number of hydrogen-bond donors (Lipinski definition) is 0. The zero-order valence-electron chi connectivity index (χ0n) is 32.1. The molecule has 274 valence electrons. The smallest absolute Gasteiger partial charge is 0.180 e. The van der Waals surface area contributed by atoms with E-state index in [1.807, 2.05) is 0 Å². The largest absolute Gasteiger partial charge is 0.192 e. The first-order chi connectivity index (χ1) is 28.8. The summed E-state index contributed by atoms with van der Waals surface area (Å²) in [5.41, 5.74) is 4.73. The van der Waals surface area contributed by atoms with Crippen LogP contribution < -0.4 is 41.5 Å². The third kappa shape index (κ3) is 6.17. The monoisotopic (exact) mass is 771 g/mol. The number of rotatable bonds is 10. The standard InChI is InChI=1S/C55H41NSi2/c56-42-53-49(51-36-19-21-40-54(51)57(43-24-7-1-8-25-43,44-26-9-2-10-27-44)45-28-11-3-12-29-45)38-23-39-50(53)52-37-20-22-41-55(52)58(46-30-13-4-14-31-46,47-32-15-5-16-33-47)48-34-17-6-18-35-48/h1-41H. The maximum atomic E-state index is 11.5. The molecule has 0 aromatic heterocycles. The molecule has 0 saturated heterocycles. The van der Waals surface area contributed by atoms with E-state index in [9.17, 15) is 5.26 Å². The molecular formula is C55H41NSi2. The summed E-state index contributed by atoms with van der Waals surface area (Å²) in [5.74, 6) is 0. The molecule has 1 nitrogen and oxygen atoms in total. The minimum Gasteiger partial charge on any atom is -0.192 e. The van der Waals surface area contributed by atoms with Crippen LogP contribution in [0.3, 0.4) is 0 Å². The summed E-state index contributed by atoms with van der Waals surface area (Å²) in [5, 5.41) is 21.8. The minimum atomic E-state index is -2.94. The molecule has 0 heterocycles. The van der Waals surface area contributed by atoms with Crippen molar-refractivity contribution in [2.75, 3.05) is 0 Å². The lowest BCUT2D eigenvalue weighted by molar-refractivity contribution is 1.47. The van der Waals surface area contributed by atoms with Gasteiger partial charge in [0.15, 0.2) is 16.1 Å². The van der Waals surface area contributed by atoms with Crippen LogP contribution in [0, 0.1) is 11.3 Å². The van der Waals surface area contributed by atoms with Crippen molar-refractivity contribution in [3.63, 3.8) is 0 Å². The Morgan fingerprint density at radius 1 is 0.241 bits per heavy atom. The highest BCUT2D eigenvalue weighted by molar-refractivity contribution is 7.21. The topological polar surface area (TPSA) is 23.8 Å². The van der Waals surface area contributed by atoms with Crippen LogP contribution >= 0.6 is 0 Å². The van der Waals surface area contributed by atoms with Gasteiger partial charge in [0.2, 0.25) is 0 Å². The Hall–Kier alpha value is -7.10. The molecule has 0 bridgehead atoms. The van der Waals surface area contributed by atoms with Crippen molar-refractivity contribution in [3.8, 4) is 28.3 Å². The van der Waals surface area contributed by atoms with E-state index in [4.69, 9.17) is 0 Å². The van der Waals surface area contributed by atoms with E-state index < -0.39 is 16.1 Å². The second kappa shape index (κ2) is 16.2. The van der Waals surface area contributed by atoms with E-state index in [1.54, 1.807) is 0 Å². The zero-order valence-corrected chi connectivity index (χ0v) is 34.1. The van der Waals surface area contributed by atoms with Crippen LogP contribution in [0.4, 0.5) is 0 Å². The zero-order chi connectivity index (χ0) is 39.2. The first-order valence-electron chi connectivity index (χ1n) is 19.8. The van der Waals surface area contributed by atoms with Gasteiger partial charge in [-0.15, -0.1) is 0 Å². The summed E-state index contributed by atoms with van der Waals surface area (Å²) in [4.78, 5) is 0. The van der Waals surface area contributed by atoms with Gasteiger partial charge in [-0.2, -0.15) is 5.26 Å². The molecule has 58 heavy (non-hydrogen) atoms. The molecule has 0 unspecified atom stereocenters. The normalized spacial score (nSPS) is 11.4. The van der Waals surface area contributed by atoms with Crippen LogP contribution in [0.15, 0.2) is 249 Å². The van der Waals surface area contributed by atoms with Crippen LogP contribution in [0.5, 0.6) is 0 Å². The molecule has 0 fully saturated rings. The highest BCUT2D eigenvalue weighted by Crippen LogP contribution is 2.33. The first kappa shape index (κ1) is 36.5. The van der Waals surface area contributed by atoms with Crippen LogP contribution in [-0.2, 0) is 0 Å². The van der Waals surface area contributed by atoms with Gasteiger partial charge in [0, 0.05) is 0 Å². The van der Waals surface area contributed by atoms with Gasteiger partial charge < -0.3 is 0 Å². The predicted molar refractivity (Wildman–Crippen MR) is 249 cm³/mol. The first-order valence-corrected chi connectivity index (χ1v) is 23.8. The number of nitriles is 1. The van der Waals surface area contributed by atoms with Gasteiger partial charge in [-0.25, -0.2) is 0 Å². The molecule has 9 aromatic rings. The Balaban J connectivity index is 1.35. The van der Waals surface area contributed by atoms with Crippen LogP contribution in [0.25, 0.3) is 22.3 Å². The maximum Gasteiger partial charge on any atom is 0.180 e. The fourth-order valence-electron chi connectivity index (χ4n) is 9.27. The average molecular weight is 772 g/mol. The van der Waals surface area contributed by atoms with Crippen molar-refractivity contribution in [3.05, 3.63) is 254 Å². The molecular weight excluding hydrogens is 731 g/mol. The highest BCUT2D eigenvalue weighted by atomic mass is 28.3. The Kier molecular flexibility index (Phi) is 10.2. The lowest BCUT2D eigenvalue weighted by atomic mass is 9.92. The molecule has 0 N–H and O–H groups in total. The van der Waals surface area contributed by atoms with Crippen LogP contribution in [-0.4, -0.2) is 16.1 Å². The third-order valence-corrected chi connectivity index (χ3v) is 21.3. The second-order valence-electron chi connectivity index (χ2n) is 14.6. The maximum absolute atomic E-state index is 11.5. The molecule has 0 aliphatic heterocycles. The molecule has 0 saturated carbocycles. The molecule has 9 aromatic carbocycles. The number of benzene rings is 9. The molecule has 0 aliphatic carbocycles. The predicted octanol–water partition coefficient (Wildman–Crippen LogP) is 7.65. The number of hydrogen-bond acceptors (Lipinski definition) is 1. The van der Waals surface area contributed by atoms with Crippen molar-refractivity contribution < 1.29 is 0 Å². The van der Waals surface area contributed by atoms with Crippen molar-refractivity contribution >= 4 is 57.6 Å². The quantitative estimate of drug-likeness (QED) is 0.104. The SMILES string of the molecule is N#Cc1c(-c2ccccc2[Si](c2ccccc2)(c2ccccc2)c2ccccc2)cccc1-c1ccccc1[Si](c1ccccc1)(c1ccccc1)c1ccccc1. The van der Waals surface area contributed by atoms with E-state index in [0.717, 1.165) is 22.3 Å². The molecule has 0 aliphatic rings. The van der Waals surface area contributed by atoms with E-state index in [1.165, 1.54) is 41.5 Å². The van der Waals surface area contributed by atoms with E-state index in [-0.39, 0.29) is 0 Å². The van der Waals surface area contributed by atoms with Gasteiger partial charge in [-0.05, 0) is 63.7 Å². The Labute approximate surface area is 343 Å². The lowest BCUT2D eigenvalue weighted by Crippen LogP contribution is -2.75. The Morgan fingerprint density at radius 2 is 0.466 bits per heavy atom. The van der Waals surface area contributed by atoms with Crippen molar-refractivity contribution in [1.82, 2.24) is 0 Å². The highest BCUT2D eigenvalue weighted by Gasteiger charge is 2.45. The average Bonchev–Trinajstić information content (AvgIpc) is 3.32. The molecule has 0 amide bonds. The van der Waals surface area contributed by atoms with Gasteiger partial charge in [0.05, 0.1) is 5.56 Å². The molecule has 0 spiro atoms. The molecule has 0 radical (unpaired) electrons. The third-order valence-electron chi connectivity index (χ3n) is 11.7. The van der Waals surface area contributed by atoms with Gasteiger partial charge in [0.25, 0.3) is 0 Å². The molecule has 3 heteroatoms. The number of nitrogens with zero attached hydrogens (tertiary/aromatic N) is 1.